The normalized spacial score (nSPS) is 21.9. The lowest BCUT2D eigenvalue weighted by Crippen LogP contribution is -2.40. The summed E-state index contributed by atoms with van der Waals surface area (Å²) in [7, 11) is 0. The van der Waals surface area contributed by atoms with E-state index in [4.69, 9.17) is 4.52 Å². The number of aliphatic hydroxyl groups is 1. The Kier molecular flexibility index (Phi) is 6.17. The first-order chi connectivity index (χ1) is 13.0. The van der Waals surface area contributed by atoms with Crippen LogP contribution in [0.5, 0.6) is 0 Å². The number of nitrogens with zero attached hydrogens (tertiary/aromatic N) is 4. The number of amides is 2. The Hall–Kier alpha value is -2.75. The third-order valence-corrected chi connectivity index (χ3v) is 4.62. The van der Waals surface area contributed by atoms with Gasteiger partial charge >= 0.3 is 0 Å². The smallest absolute Gasteiger partial charge is 0.223 e. The van der Waals surface area contributed by atoms with Crippen LogP contribution in [0.2, 0.25) is 0 Å². The van der Waals surface area contributed by atoms with Gasteiger partial charge in [0.2, 0.25) is 11.8 Å². The first-order valence-corrected chi connectivity index (χ1v) is 9.01. The molecule has 1 saturated carbocycles. The standard InChI is InChI=1S/C17H24N6O4/c1-11-5-13(27-22-11)8-19-17(26)12-6-14(15(24)7-12)21-16(25)3-2-4-23-10-18-9-20-23/h5,9-10,12,14-15,24H,2-4,6-8H2,1H3,(H,19,26)(H,21,25)/t12-,14-,15-/m0/s1. The molecule has 2 aromatic heterocycles. The van der Waals surface area contributed by atoms with E-state index in [-0.39, 0.29) is 24.3 Å². The summed E-state index contributed by atoms with van der Waals surface area (Å²) < 4.78 is 6.72. The van der Waals surface area contributed by atoms with Crippen LogP contribution in [0.15, 0.2) is 23.2 Å². The maximum absolute atomic E-state index is 12.3. The van der Waals surface area contributed by atoms with Crippen LogP contribution in [0.3, 0.4) is 0 Å². The first-order valence-electron chi connectivity index (χ1n) is 9.01. The summed E-state index contributed by atoms with van der Waals surface area (Å²) in [5.41, 5.74) is 0.752. The molecule has 0 radical (unpaired) electrons. The first kappa shape index (κ1) is 19.0. The van der Waals surface area contributed by atoms with Crippen molar-refractivity contribution in [2.24, 2.45) is 5.92 Å². The second-order valence-corrected chi connectivity index (χ2v) is 6.82. The fourth-order valence-electron chi connectivity index (χ4n) is 3.23. The van der Waals surface area contributed by atoms with Crippen molar-refractivity contribution in [2.75, 3.05) is 0 Å². The molecule has 2 aromatic rings. The topological polar surface area (TPSA) is 135 Å². The van der Waals surface area contributed by atoms with E-state index in [1.165, 1.54) is 6.33 Å². The highest BCUT2D eigenvalue weighted by molar-refractivity contribution is 5.80. The summed E-state index contributed by atoms with van der Waals surface area (Å²) in [6.07, 6.45) is 4.00. The number of carbonyl (C=O) groups is 2. The van der Waals surface area contributed by atoms with Gasteiger partial charge in [0.05, 0.1) is 24.4 Å². The minimum Gasteiger partial charge on any atom is -0.391 e. The Morgan fingerprint density at radius 3 is 2.96 bits per heavy atom. The molecular weight excluding hydrogens is 352 g/mol. The van der Waals surface area contributed by atoms with Gasteiger partial charge in [0.1, 0.15) is 12.7 Å². The summed E-state index contributed by atoms with van der Waals surface area (Å²) >= 11 is 0. The van der Waals surface area contributed by atoms with Gasteiger partial charge in [-0.15, -0.1) is 0 Å². The van der Waals surface area contributed by atoms with Crippen molar-refractivity contribution < 1.29 is 19.2 Å². The Labute approximate surface area is 156 Å². The lowest BCUT2D eigenvalue weighted by molar-refractivity contribution is -0.125. The van der Waals surface area contributed by atoms with E-state index in [1.54, 1.807) is 24.0 Å². The highest BCUT2D eigenvalue weighted by Crippen LogP contribution is 2.26. The van der Waals surface area contributed by atoms with Crippen molar-refractivity contribution in [3.05, 3.63) is 30.2 Å². The van der Waals surface area contributed by atoms with Crippen LogP contribution in [0.4, 0.5) is 0 Å². The molecule has 10 heteroatoms. The quantitative estimate of drug-likeness (QED) is 0.587. The van der Waals surface area contributed by atoms with E-state index < -0.39 is 12.1 Å². The van der Waals surface area contributed by atoms with Gasteiger partial charge < -0.3 is 20.3 Å². The van der Waals surface area contributed by atoms with Gasteiger partial charge in [-0.1, -0.05) is 5.16 Å². The maximum atomic E-state index is 12.3. The number of carbonyl (C=O) groups excluding carboxylic acids is 2. The van der Waals surface area contributed by atoms with Crippen molar-refractivity contribution in [2.45, 2.75) is 57.8 Å². The molecule has 3 atom stereocenters. The van der Waals surface area contributed by atoms with E-state index >= 15 is 0 Å². The molecule has 0 aliphatic heterocycles. The molecular formula is C17H24N6O4. The molecule has 146 valence electrons. The second kappa shape index (κ2) is 8.76. The molecule has 0 saturated heterocycles. The van der Waals surface area contributed by atoms with Crippen molar-refractivity contribution in [3.8, 4) is 0 Å². The fraction of sp³-hybridized carbons (Fsp3) is 0.588. The lowest BCUT2D eigenvalue weighted by Gasteiger charge is -2.16. The molecule has 3 N–H and O–H groups in total. The van der Waals surface area contributed by atoms with Crippen molar-refractivity contribution in [1.29, 1.82) is 0 Å². The largest absolute Gasteiger partial charge is 0.391 e. The van der Waals surface area contributed by atoms with Crippen LogP contribution in [0.25, 0.3) is 0 Å². The predicted octanol–water partition coefficient (Wildman–Crippen LogP) is -0.0732. The van der Waals surface area contributed by atoms with Gasteiger partial charge in [-0.25, -0.2) is 4.98 Å². The maximum Gasteiger partial charge on any atom is 0.223 e. The molecule has 0 unspecified atom stereocenters. The Morgan fingerprint density at radius 1 is 1.41 bits per heavy atom. The predicted molar refractivity (Wildman–Crippen MR) is 93.0 cm³/mol. The summed E-state index contributed by atoms with van der Waals surface area (Å²) in [5.74, 6) is -0.0653. The zero-order chi connectivity index (χ0) is 19.2. The number of hydrogen-bond acceptors (Lipinski definition) is 7. The fourth-order valence-corrected chi connectivity index (χ4v) is 3.23. The Morgan fingerprint density at radius 2 is 2.26 bits per heavy atom. The Bertz CT molecular complexity index is 759. The number of aromatic nitrogens is 4. The molecule has 0 spiro atoms. The number of nitrogens with one attached hydrogen (secondary N) is 2. The van der Waals surface area contributed by atoms with Crippen molar-refractivity contribution in [1.82, 2.24) is 30.6 Å². The van der Waals surface area contributed by atoms with E-state index in [2.05, 4.69) is 25.9 Å². The van der Waals surface area contributed by atoms with Gasteiger partial charge in [-0.3, -0.25) is 14.3 Å². The summed E-state index contributed by atoms with van der Waals surface area (Å²) in [4.78, 5) is 28.2. The van der Waals surface area contributed by atoms with Crippen LogP contribution in [0.1, 0.15) is 37.1 Å². The van der Waals surface area contributed by atoms with Gasteiger partial charge in [0.25, 0.3) is 0 Å². The van der Waals surface area contributed by atoms with Crippen LogP contribution in [-0.4, -0.2) is 49.0 Å². The van der Waals surface area contributed by atoms with Crippen LogP contribution < -0.4 is 10.6 Å². The molecule has 1 fully saturated rings. The minimum atomic E-state index is -0.729. The third-order valence-electron chi connectivity index (χ3n) is 4.62. The molecule has 0 aromatic carbocycles. The Balaban J connectivity index is 1.39. The SMILES string of the molecule is Cc1cc(CNC(=O)[C@H]2C[C@H](NC(=O)CCCn3cncn3)[C@@H](O)C2)on1. The molecule has 2 amide bonds. The van der Waals surface area contributed by atoms with Gasteiger partial charge in [-0.2, -0.15) is 5.10 Å². The zero-order valence-electron chi connectivity index (χ0n) is 15.2. The van der Waals surface area contributed by atoms with Crippen LogP contribution in [-0.2, 0) is 22.7 Å². The molecule has 10 nitrogen and oxygen atoms in total. The average Bonchev–Trinajstić information content (AvgIpc) is 3.36. The van der Waals surface area contributed by atoms with E-state index in [0.717, 1.165) is 5.69 Å². The monoisotopic (exact) mass is 376 g/mol. The highest BCUT2D eigenvalue weighted by atomic mass is 16.5. The van der Waals surface area contributed by atoms with E-state index in [1.807, 2.05) is 0 Å². The molecule has 3 rings (SSSR count). The van der Waals surface area contributed by atoms with Gasteiger partial charge in [0.15, 0.2) is 5.76 Å². The highest BCUT2D eigenvalue weighted by Gasteiger charge is 2.37. The van der Waals surface area contributed by atoms with Crippen molar-refractivity contribution >= 4 is 11.8 Å². The number of aliphatic hydroxyl groups excluding tert-OH is 1. The molecule has 27 heavy (non-hydrogen) atoms. The number of hydrogen-bond donors (Lipinski definition) is 3. The summed E-state index contributed by atoms with van der Waals surface area (Å²) in [5, 5.41) is 23.5. The lowest BCUT2D eigenvalue weighted by atomic mass is 10.1. The second-order valence-electron chi connectivity index (χ2n) is 6.82. The number of rotatable bonds is 8. The number of aryl methyl sites for hydroxylation is 2. The molecule has 1 aliphatic rings. The zero-order valence-corrected chi connectivity index (χ0v) is 15.2. The van der Waals surface area contributed by atoms with E-state index in [0.29, 0.717) is 38.0 Å². The summed E-state index contributed by atoms with van der Waals surface area (Å²) in [6, 6.07) is 1.35. The molecule has 2 heterocycles. The van der Waals surface area contributed by atoms with Crippen molar-refractivity contribution in [3.63, 3.8) is 0 Å². The van der Waals surface area contributed by atoms with Crippen LogP contribution >= 0.6 is 0 Å². The van der Waals surface area contributed by atoms with Crippen LogP contribution in [0, 0.1) is 12.8 Å². The molecule has 0 bridgehead atoms. The molecule has 1 aliphatic carbocycles. The summed E-state index contributed by atoms with van der Waals surface area (Å²) in [6.45, 7) is 2.67. The van der Waals surface area contributed by atoms with E-state index in [9.17, 15) is 14.7 Å². The van der Waals surface area contributed by atoms with Gasteiger partial charge in [-0.05, 0) is 26.2 Å². The average molecular weight is 376 g/mol. The third kappa shape index (κ3) is 5.36. The minimum absolute atomic E-state index is 0.141. The van der Waals surface area contributed by atoms with Gasteiger partial charge in [0, 0.05) is 24.9 Å².